The number of benzene rings is 1. The summed E-state index contributed by atoms with van der Waals surface area (Å²) >= 11 is 0. The van der Waals surface area contributed by atoms with Crippen LogP contribution in [0.25, 0.3) is 0 Å². The van der Waals surface area contributed by atoms with Gasteiger partial charge in [0.05, 0.1) is 12.3 Å². The number of nitrogens with one attached hydrogen (secondary N) is 1. The number of urea groups is 1. The number of hydrogen-bond acceptors (Lipinski definition) is 3. The second-order valence-corrected chi connectivity index (χ2v) is 7.69. The highest BCUT2D eigenvalue weighted by Crippen LogP contribution is 2.31. The highest BCUT2D eigenvalue weighted by atomic mass is 16.3. The Morgan fingerprint density at radius 3 is 2.56 bits per heavy atom. The van der Waals surface area contributed by atoms with E-state index in [1.165, 1.54) is 0 Å². The van der Waals surface area contributed by atoms with E-state index in [2.05, 4.69) is 5.32 Å². The molecular formula is C22H26N2O3. The molecule has 0 saturated carbocycles. The number of hydrogen-bond donors (Lipinski definition) is 1. The lowest BCUT2D eigenvalue weighted by Gasteiger charge is -2.33. The maximum Gasteiger partial charge on any atom is 0.317 e. The monoisotopic (exact) mass is 366 g/mol. The predicted octanol–water partition coefficient (Wildman–Crippen LogP) is 4.27. The number of rotatable bonds is 3. The first kappa shape index (κ1) is 17.8. The summed E-state index contributed by atoms with van der Waals surface area (Å²) in [5.74, 6) is 1.20. The van der Waals surface area contributed by atoms with Crippen LogP contribution in [0.3, 0.4) is 0 Å². The molecule has 5 heteroatoms. The van der Waals surface area contributed by atoms with Gasteiger partial charge in [0, 0.05) is 36.6 Å². The molecule has 4 rings (SSSR count). The van der Waals surface area contributed by atoms with Gasteiger partial charge >= 0.3 is 6.03 Å². The van der Waals surface area contributed by atoms with Crippen molar-refractivity contribution < 1.29 is 14.0 Å². The lowest BCUT2D eigenvalue weighted by Crippen LogP contribution is -2.46. The first-order valence-corrected chi connectivity index (χ1v) is 9.84. The molecule has 0 bridgehead atoms. The summed E-state index contributed by atoms with van der Waals surface area (Å²) in [5.41, 5.74) is 3.04. The van der Waals surface area contributed by atoms with Crippen LogP contribution in [0, 0.1) is 12.8 Å². The standard InChI is InChI=1S/C22H26N2O3/c1-15-5-7-16(8-6-15)21(25)17-9-12-24(13-10-17)22(26)23-19-3-2-4-20-18(19)11-14-27-20/h5-8,11,14,17,19H,2-4,9-10,12-13H2,1H3,(H,23,26). The number of furan rings is 1. The van der Waals surface area contributed by atoms with Gasteiger partial charge < -0.3 is 14.6 Å². The van der Waals surface area contributed by atoms with Crippen molar-refractivity contribution in [3.05, 3.63) is 59.0 Å². The third kappa shape index (κ3) is 3.77. The fraction of sp³-hybridized carbons (Fsp3) is 0.455. The van der Waals surface area contributed by atoms with Gasteiger partial charge in [-0.3, -0.25) is 4.79 Å². The fourth-order valence-electron chi connectivity index (χ4n) is 4.17. The number of aryl methyl sites for hydroxylation is 2. The highest BCUT2D eigenvalue weighted by Gasteiger charge is 2.30. The Balaban J connectivity index is 1.32. The van der Waals surface area contributed by atoms with E-state index < -0.39 is 0 Å². The molecule has 0 spiro atoms. The van der Waals surface area contributed by atoms with Gasteiger partial charge in [-0.25, -0.2) is 4.79 Å². The SMILES string of the molecule is Cc1ccc(C(=O)C2CCN(C(=O)NC3CCCc4occc43)CC2)cc1. The van der Waals surface area contributed by atoms with Crippen LogP contribution in [-0.4, -0.2) is 29.8 Å². The highest BCUT2D eigenvalue weighted by molar-refractivity contribution is 5.98. The maximum absolute atomic E-state index is 12.7. The van der Waals surface area contributed by atoms with Crippen molar-refractivity contribution in [3.8, 4) is 0 Å². The molecule has 142 valence electrons. The number of carbonyl (C=O) groups excluding carboxylic acids is 2. The maximum atomic E-state index is 12.7. The largest absolute Gasteiger partial charge is 0.469 e. The Bertz CT molecular complexity index is 816. The molecule has 2 aliphatic rings. The van der Waals surface area contributed by atoms with Crippen LogP contribution < -0.4 is 5.32 Å². The number of carbonyl (C=O) groups is 2. The summed E-state index contributed by atoms with van der Waals surface area (Å²) in [6.45, 7) is 3.27. The Labute approximate surface area is 159 Å². The smallest absolute Gasteiger partial charge is 0.317 e. The van der Waals surface area contributed by atoms with E-state index in [1.54, 1.807) is 6.26 Å². The molecule has 1 atom stereocenters. The molecule has 27 heavy (non-hydrogen) atoms. The average molecular weight is 366 g/mol. The van der Waals surface area contributed by atoms with E-state index in [0.29, 0.717) is 13.1 Å². The van der Waals surface area contributed by atoms with E-state index in [4.69, 9.17) is 4.42 Å². The summed E-state index contributed by atoms with van der Waals surface area (Å²) in [6.07, 6.45) is 6.07. The molecule has 2 heterocycles. The zero-order valence-electron chi connectivity index (χ0n) is 15.7. The average Bonchev–Trinajstić information content (AvgIpc) is 3.18. The van der Waals surface area contributed by atoms with Gasteiger partial charge in [0.25, 0.3) is 0 Å². The van der Waals surface area contributed by atoms with Crippen LogP contribution in [0.1, 0.15) is 59.0 Å². The van der Waals surface area contributed by atoms with E-state index >= 15 is 0 Å². The van der Waals surface area contributed by atoms with Gasteiger partial charge in [-0.2, -0.15) is 0 Å². The third-order valence-electron chi connectivity index (χ3n) is 5.84. The van der Waals surface area contributed by atoms with Crippen molar-refractivity contribution in [1.29, 1.82) is 0 Å². The van der Waals surface area contributed by atoms with Crippen LogP contribution in [0.15, 0.2) is 41.0 Å². The van der Waals surface area contributed by atoms with E-state index in [-0.39, 0.29) is 23.8 Å². The molecule has 1 fully saturated rings. The minimum absolute atomic E-state index is 0.00640. The Kier molecular flexibility index (Phi) is 5.01. The minimum Gasteiger partial charge on any atom is -0.469 e. The van der Waals surface area contributed by atoms with Gasteiger partial charge in [0.15, 0.2) is 5.78 Å². The number of nitrogens with zero attached hydrogens (tertiary/aromatic N) is 1. The van der Waals surface area contributed by atoms with E-state index in [0.717, 1.165) is 54.6 Å². The van der Waals surface area contributed by atoms with Crippen LogP contribution in [0.4, 0.5) is 4.79 Å². The summed E-state index contributed by atoms with van der Waals surface area (Å²) in [5, 5.41) is 3.15. The van der Waals surface area contributed by atoms with Crippen molar-refractivity contribution >= 4 is 11.8 Å². The lowest BCUT2D eigenvalue weighted by atomic mass is 9.88. The van der Waals surface area contributed by atoms with E-state index in [9.17, 15) is 9.59 Å². The molecule has 1 N–H and O–H groups in total. The van der Waals surface area contributed by atoms with Crippen LogP contribution >= 0.6 is 0 Å². The summed E-state index contributed by atoms with van der Waals surface area (Å²) in [4.78, 5) is 27.2. The third-order valence-corrected chi connectivity index (χ3v) is 5.84. The minimum atomic E-state index is -0.0321. The first-order valence-electron chi connectivity index (χ1n) is 9.84. The molecule has 1 aliphatic carbocycles. The van der Waals surface area contributed by atoms with Gasteiger partial charge in [-0.15, -0.1) is 0 Å². The quantitative estimate of drug-likeness (QED) is 0.825. The molecule has 1 saturated heterocycles. The number of ketones is 1. The number of likely N-dealkylation sites (tertiary alicyclic amines) is 1. The number of piperidine rings is 1. The van der Waals surface area contributed by atoms with Crippen molar-refractivity contribution in [3.63, 3.8) is 0 Å². The molecule has 0 radical (unpaired) electrons. The van der Waals surface area contributed by atoms with Crippen molar-refractivity contribution in [2.45, 2.75) is 45.1 Å². The predicted molar refractivity (Wildman–Crippen MR) is 103 cm³/mol. The molecule has 1 aliphatic heterocycles. The summed E-state index contributed by atoms with van der Waals surface area (Å²) in [6, 6.07) is 9.73. The van der Waals surface area contributed by atoms with Gasteiger partial charge in [-0.1, -0.05) is 29.8 Å². The number of Topliss-reactive ketones (excluding diaryl/α,β-unsaturated/α-hetero) is 1. The Morgan fingerprint density at radius 2 is 1.81 bits per heavy atom. The number of amides is 2. The topological polar surface area (TPSA) is 62.6 Å². The van der Waals surface area contributed by atoms with E-state index in [1.807, 2.05) is 42.2 Å². The molecule has 1 unspecified atom stereocenters. The molecule has 5 nitrogen and oxygen atoms in total. The Morgan fingerprint density at radius 1 is 1.07 bits per heavy atom. The van der Waals surface area contributed by atoms with Crippen LogP contribution in [-0.2, 0) is 6.42 Å². The molecule has 2 aromatic rings. The molecule has 1 aromatic heterocycles. The van der Waals surface area contributed by atoms with Gasteiger partial charge in [0.1, 0.15) is 5.76 Å². The van der Waals surface area contributed by atoms with Crippen molar-refractivity contribution in [2.75, 3.05) is 13.1 Å². The summed E-state index contributed by atoms with van der Waals surface area (Å²) < 4.78 is 5.50. The van der Waals surface area contributed by atoms with Crippen LogP contribution in [0.5, 0.6) is 0 Å². The second kappa shape index (κ2) is 7.59. The van der Waals surface area contributed by atoms with Crippen LogP contribution in [0.2, 0.25) is 0 Å². The Hall–Kier alpha value is -2.56. The summed E-state index contributed by atoms with van der Waals surface area (Å²) in [7, 11) is 0. The molecule has 2 amide bonds. The molecular weight excluding hydrogens is 340 g/mol. The zero-order valence-corrected chi connectivity index (χ0v) is 15.7. The number of fused-ring (bicyclic) bond motifs is 1. The zero-order chi connectivity index (χ0) is 18.8. The first-order chi connectivity index (χ1) is 13.1. The fourth-order valence-corrected chi connectivity index (χ4v) is 4.17. The normalized spacial score (nSPS) is 20.2. The second-order valence-electron chi connectivity index (χ2n) is 7.69. The van der Waals surface area contributed by atoms with Gasteiger partial charge in [0.2, 0.25) is 0 Å². The molecule has 1 aromatic carbocycles. The van der Waals surface area contributed by atoms with Crippen molar-refractivity contribution in [1.82, 2.24) is 10.2 Å². The lowest BCUT2D eigenvalue weighted by molar-refractivity contribution is 0.0853. The van der Waals surface area contributed by atoms with Crippen molar-refractivity contribution in [2.24, 2.45) is 5.92 Å². The van der Waals surface area contributed by atoms with Gasteiger partial charge in [-0.05, 0) is 38.7 Å².